The lowest BCUT2D eigenvalue weighted by Crippen LogP contribution is -2.30. The summed E-state index contributed by atoms with van der Waals surface area (Å²) in [6.45, 7) is 0. The van der Waals surface area contributed by atoms with E-state index in [-0.39, 0.29) is 23.8 Å². The monoisotopic (exact) mass is 470 g/mol. The van der Waals surface area contributed by atoms with Crippen molar-refractivity contribution < 1.29 is 14.6 Å². The number of nitrogens with zero attached hydrogens (tertiary/aromatic N) is 3. The van der Waals surface area contributed by atoms with E-state index in [2.05, 4.69) is 20.9 Å². The van der Waals surface area contributed by atoms with E-state index >= 15 is 0 Å². The number of carbonyl (C=O) groups is 1. The zero-order chi connectivity index (χ0) is 23.7. The summed E-state index contributed by atoms with van der Waals surface area (Å²) >= 11 is 5.77. The number of pyridine rings is 1. The molecule has 1 fully saturated rings. The van der Waals surface area contributed by atoms with Gasteiger partial charge < -0.3 is 24.6 Å². The molecule has 7 nitrogen and oxygen atoms in total. The van der Waals surface area contributed by atoms with Crippen LogP contribution in [0, 0.1) is 0 Å². The van der Waals surface area contributed by atoms with Crippen molar-refractivity contribution in [3.63, 3.8) is 0 Å². The maximum Gasteiger partial charge on any atom is 0.337 e. The van der Waals surface area contributed by atoms with Crippen LogP contribution >= 0.6 is 12.2 Å². The average molecular weight is 471 g/mol. The van der Waals surface area contributed by atoms with E-state index in [9.17, 15) is 9.90 Å². The maximum absolute atomic E-state index is 11.9. The number of hydrogen-bond donors (Lipinski definition) is 2. The fourth-order valence-corrected chi connectivity index (χ4v) is 4.64. The van der Waals surface area contributed by atoms with E-state index in [1.54, 1.807) is 30.5 Å². The fourth-order valence-electron chi connectivity index (χ4n) is 4.29. The van der Waals surface area contributed by atoms with Crippen molar-refractivity contribution in [3.05, 3.63) is 108 Å². The summed E-state index contributed by atoms with van der Waals surface area (Å²) in [5.74, 6) is -0.188. The van der Waals surface area contributed by atoms with E-state index in [0.717, 1.165) is 22.8 Å². The van der Waals surface area contributed by atoms with Gasteiger partial charge in [0.25, 0.3) is 0 Å². The highest BCUT2D eigenvalue weighted by atomic mass is 32.1. The van der Waals surface area contributed by atoms with E-state index < -0.39 is 0 Å². The largest absolute Gasteiger partial charge is 0.508 e. The molecule has 2 aromatic carbocycles. The Morgan fingerprint density at radius 3 is 2.41 bits per heavy atom. The number of ether oxygens (including phenoxy) is 1. The zero-order valence-corrected chi connectivity index (χ0v) is 19.1. The molecule has 0 saturated carbocycles. The number of thiocarbonyl (C=S) groups is 1. The van der Waals surface area contributed by atoms with Crippen molar-refractivity contribution in [3.8, 4) is 11.4 Å². The van der Waals surface area contributed by atoms with Gasteiger partial charge in [-0.25, -0.2) is 4.79 Å². The molecule has 2 aromatic heterocycles. The van der Waals surface area contributed by atoms with Gasteiger partial charge in [0.05, 0.1) is 24.4 Å². The van der Waals surface area contributed by atoms with Crippen LogP contribution in [0.5, 0.6) is 5.75 Å². The van der Waals surface area contributed by atoms with Gasteiger partial charge in [-0.3, -0.25) is 4.98 Å². The minimum atomic E-state index is -0.377. The molecule has 0 radical (unpaired) electrons. The predicted octanol–water partition coefficient (Wildman–Crippen LogP) is 4.54. The van der Waals surface area contributed by atoms with Gasteiger partial charge in [0.2, 0.25) is 0 Å². The van der Waals surface area contributed by atoms with Gasteiger partial charge in [-0.1, -0.05) is 6.07 Å². The quantitative estimate of drug-likeness (QED) is 0.327. The second kappa shape index (κ2) is 8.99. The normalized spacial score (nSPS) is 17.4. The summed E-state index contributed by atoms with van der Waals surface area (Å²) in [4.78, 5) is 18.5. The number of methoxy groups -OCH3 is 1. The molecule has 0 unspecified atom stereocenters. The van der Waals surface area contributed by atoms with Gasteiger partial charge in [-0.2, -0.15) is 0 Å². The number of carbonyl (C=O) groups excluding carboxylic acids is 1. The highest BCUT2D eigenvalue weighted by molar-refractivity contribution is 7.80. The molecule has 3 heterocycles. The number of aromatic hydroxyl groups is 1. The Balaban J connectivity index is 1.61. The first-order valence-corrected chi connectivity index (χ1v) is 11.1. The van der Waals surface area contributed by atoms with Crippen LogP contribution in [0.25, 0.3) is 5.69 Å². The van der Waals surface area contributed by atoms with Crippen LogP contribution in [0.15, 0.2) is 91.3 Å². The molecule has 0 bridgehead atoms. The van der Waals surface area contributed by atoms with Crippen LogP contribution in [0.3, 0.4) is 0 Å². The van der Waals surface area contributed by atoms with Crippen LogP contribution in [-0.4, -0.2) is 32.8 Å². The Hall–Kier alpha value is -4.17. The molecule has 4 aromatic rings. The Labute approximate surface area is 202 Å². The first-order chi connectivity index (χ1) is 16.6. The Bertz CT molecular complexity index is 1320. The number of hydrogen-bond acceptors (Lipinski definition) is 5. The van der Waals surface area contributed by atoms with Crippen molar-refractivity contribution in [2.45, 2.75) is 12.1 Å². The number of phenolic OH excluding ortho intramolecular Hbond substituents is 1. The number of aromatic nitrogens is 2. The Kier molecular flexibility index (Phi) is 5.73. The third-order valence-corrected chi connectivity index (χ3v) is 6.19. The van der Waals surface area contributed by atoms with Gasteiger partial charge in [0.15, 0.2) is 5.11 Å². The minimum Gasteiger partial charge on any atom is -0.508 e. The standard InChI is InChI=1S/C26H22N4O3S/c1-33-25(32)17-7-9-18(10-8-17)29-16-4-6-22(29)24-23(21-5-2-3-15-27-21)28-26(34)30(24)19-11-13-20(31)14-12-19/h2-16,23-24,31H,1H3,(H,28,34)/t23-,24+/m0/s1. The number of benzene rings is 2. The number of phenols is 1. The highest BCUT2D eigenvalue weighted by Gasteiger charge is 2.42. The number of anilines is 1. The van der Waals surface area contributed by atoms with Gasteiger partial charge in [-0.15, -0.1) is 0 Å². The van der Waals surface area contributed by atoms with Crippen molar-refractivity contribution >= 4 is 29.0 Å². The third-order valence-electron chi connectivity index (χ3n) is 5.88. The summed E-state index contributed by atoms with van der Waals surface area (Å²) in [5.41, 5.74) is 4.09. The molecule has 2 atom stereocenters. The fraction of sp³-hybridized carbons (Fsp3) is 0.115. The second-order valence-corrected chi connectivity index (χ2v) is 8.24. The number of nitrogens with one attached hydrogen (secondary N) is 1. The van der Waals surface area contributed by atoms with Crippen LogP contribution in [0.1, 0.15) is 33.8 Å². The van der Waals surface area contributed by atoms with E-state index in [4.69, 9.17) is 17.0 Å². The molecular weight excluding hydrogens is 448 g/mol. The molecule has 1 saturated heterocycles. The van der Waals surface area contributed by atoms with E-state index in [1.165, 1.54) is 7.11 Å². The lowest BCUT2D eigenvalue weighted by atomic mass is 10.0. The lowest BCUT2D eigenvalue weighted by molar-refractivity contribution is 0.0600. The maximum atomic E-state index is 11.9. The summed E-state index contributed by atoms with van der Waals surface area (Å²) < 4.78 is 6.89. The summed E-state index contributed by atoms with van der Waals surface area (Å²) in [7, 11) is 1.37. The Morgan fingerprint density at radius 2 is 1.74 bits per heavy atom. The molecule has 34 heavy (non-hydrogen) atoms. The van der Waals surface area contributed by atoms with Gasteiger partial charge in [-0.05, 0) is 85.0 Å². The second-order valence-electron chi connectivity index (χ2n) is 7.85. The first kappa shape index (κ1) is 21.7. The molecule has 0 amide bonds. The minimum absolute atomic E-state index is 0.189. The summed E-state index contributed by atoms with van der Waals surface area (Å²) in [6.07, 6.45) is 3.75. The smallest absolute Gasteiger partial charge is 0.337 e. The van der Waals surface area contributed by atoms with Crippen molar-refractivity contribution in [2.75, 3.05) is 12.0 Å². The van der Waals surface area contributed by atoms with Crippen molar-refractivity contribution in [1.82, 2.24) is 14.9 Å². The molecule has 1 aliphatic heterocycles. The van der Waals surface area contributed by atoms with Crippen LogP contribution in [0.2, 0.25) is 0 Å². The SMILES string of the molecule is COC(=O)c1ccc(-n2cccc2[C@@H]2[C@H](c3ccccn3)NC(=S)N2c2ccc(O)cc2)cc1. The molecule has 170 valence electrons. The first-order valence-electron chi connectivity index (χ1n) is 10.7. The average Bonchev–Trinajstić information content (AvgIpc) is 3.49. The van der Waals surface area contributed by atoms with Crippen molar-refractivity contribution in [1.29, 1.82) is 0 Å². The summed E-state index contributed by atoms with van der Waals surface area (Å²) in [6, 6.07) is 23.7. The molecular formula is C26H22N4O3S. The van der Waals surface area contributed by atoms with Crippen LogP contribution in [-0.2, 0) is 4.74 Å². The molecule has 0 aliphatic carbocycles. The molecule has 1 aliphatic rings. The number of esters is 1. The Morgan fingerprint density at radius 1 is 1.00 bits per heavy atom. The highest BCUT2D eigenvalue weighted by Crippen LogP contribution is 2.42. The van der Waals surface area contributed by atoms with Gasteiger partial charge in [0.1, 0.15) is 11.8 Å². The van der Waals surface area contributed by atoms with E-state index in [1.807, 2.05) is 59.6 Å². The lowest BCUT2D eigenvalue weighted by Gasteiger charge is -2.29. The predicted molar refractivity (Wildman–Crippen MR) is 133 cm³/mol. The van der Waals surface area contributed by atoms with Crippen molar-refractivity contribution in [2.24, 2.45) is 0 Å². The third kappa shape index (κ3) is 3.88. The molecule has 5 rings (SSSR count). The number of rotatable bonds is 5. The molecule has 0 spiro atoms. The van der Waals surface area contributed by atoms with Gasteiger partial charge >= 0.3 is 5.97 Å². The zero-order valence-electron chi connectivity index (χ0n) is 18.3. The van der Waals surface area contributed by atoms with Crippen LogP contribution in [0.4, 0.5) is 5.69 Å². The van der Waals surface area contributed by atoms with Crippen LogP contribution < -0.4 is 10.2 Å². The summed E-state index contributed by atoms with van der Waals surface area (Å²) in [5, 5.41) is 13.8. The van der Waals surface area contributed by atoms with E-state index in [0.29, 0.717) is 10.7 Å². The molecule has 2 N–H and O–H groups in total. The van der Waals surface area contributed by atoms with Gasteiger partial charge in [0, 0.05) is 29.5 Å². The molecule has 8 heteroatoms. The topological polar surface area (TPSA) is 79.6 Å².